The number of rotatable bonds is 4. The summed E-state index contributed by atoms with van der Waals surface area (Å²) < 4.78 is 10.4. The number of methoxy groups -OCH3 is 2. The van der Waals surface area contributed by atoms with Gasteiger partial charge in [-0.3, -0.25) is 0 Å². The Balaban J connectivity index is 2.03. The fourth-order valence-electron chi connectivity index (χ4n) is 1.91. The molecule has 1 aliphatic carbocycles. The SMILES string of the molecule is COC1=CCC=C(Cc2ccc(OC)cc2)C=C1. The summed E-state index contributed by atoms with van der Waals surface area (Å²) in [6, 6.07) is 8.19. The lowest BCUT2D eigenvalue weighted by atomic mass is 10.0. The maximum Gasteiger partial charge on any atom is 0.118 e. The van der Waals surface area contributed by atoms with Crippen LogP contribution in [0.5, 0.6) is 5.75 Å². The molecule has 0 fully saturated rings. The molecule has 2 rings (SSSR count). The fraction of sp³-hybridized carbons (Fsp3) is 0.250. The molecule has 0 aliphatic heterocycles. The molecule has 0 saturated carbocycles. The zero-order chi connectivity index (χ0) is 12.8. The van der Waals surface area contributed by atoms with Crippen LogP contribution in [0.25, 0.3) is 0 Å². The largest absolute Gasteiger partial charge is 0.497 e. The lowest BCUT2D eigenvalue weighted by molar-refractivity contribution is 0.306. The van der Waals surface area contributed by atoms with Crippen molar-refractivity contribution in [3.63, 3.8) is 0 Å². The molecule has 0 radical (unpaired) electrons. The Morgan fingerprint density at radius 2 is 1.72 bits per heavy atom. The first-order valence-electron chi connectivity index (χ1n) is 6.06. The van der Waals surface area contributed by atoms with E-state index in [4.69, 9.17) is 9.47 Å². The third kappa shape index (κ3) is 3.27. The van der Waals surface area contributed by atoms with Crippen molar-refractivity contribution in [1.82, 2.24) is 0 Å². The highest BCUT2D eigenvalue weighted by atomic mass is 16.5. The van der Waals surface area contributed by atoms with Gasteiger partial charge in [-0.05, 0) is 48.3 Å². The molecule has 0 heterocycles. The van der Waals surface area contributed by atoms with Gasteiger partial charge in [0.1, 0.15) is 11.5 Å². The van der Waals surface area contributed by atoms with E-state index < -0.39 is 0 Å². The second-order valence-corrected chi connectivity index (χ2v) is 4.18. The van der Waals surface area contributed by atoms with Crippen molar-refractivity contribution < 1.29 is 9.47 Å². The molecule has 18 heavy (non-hydrogen) atoms. The third-order valence-corrected chi connectivity index (χ3v) is 2.96. The molecular weight excluding hydrogens is 224 g/mol. The van der Waals surface area contributed by atoms with Gasteiger partial charge in [0.15, 0.2) is 0 Å². The lowest BCUT2D eigenvalue weighted by Gasteiger charge is -2.04. The first kappa shape index (κ1) is 12.5. The number of hydrogen-bond acceptors (Lipinski definition) is 2. The Hall–Kier alpha value is -1.96. The van der Waals surface area contributed by atoms with E-state index >= 15 is 0 Å². The van der Waals surface area contributed by atoms with Crippen LogP contribution >= 0.6 is 0 Å². The van der Waals surface area contributed by atoms with Crippen LogP contribution in [0.1, 0.15) is 12.0 Å². The van der Waals surface area contributed by atoms with Crippen LogP contribution in [0.15, 0.2) is 59.9 Å². The van der Waals surface area contributed by atoms with E-state index in [1.807, 2.05) is 18.2 Å². The van der Waals surface area contributed by atoms with E-state index in [1.165, 1.54) is 11.1 Å². The van der Waals surface area contributed by atoms with Crippen molar-refractivity contribution >= 4 is 0 Å². The van der Waals surface area contributed by atoms with E-state index in [0.717, 1.165) is 24.4 Å². The maximum absolute atomic E-state index is 5.22. The van der Waals surface area contributed by atoms with Gasteiger partial charge in [-0.1, -0.05) is 24.3 Å². The standard InChI is InChI=1S/C16H18O2/c1-17-15-5-3-4-13(6-9-15)12-14-7-10-16(18-2)11-8-14/h4-11H,3,12H2,1-2H3. The highest BCUT2D eigenvalue weighted by Crippen LogP contribution is 2.18. The van der Waals surface area contributed by atoms with E-state index in [0.29, 0.717) is 0 Å². The molecule has 2 heteroatoms. The summed E-state index contributed by atoms with van der Waals surface area (Å²) in [5.74, 6) is 1.82. The number of hydrogen-bond donors (Lipinski definition) is 0. The predicted octanol–water partition coefficient (Wildman–Crippen LogP) is 3.65. The molecule has 0 unspecified atom stereocenters. The average Bonchev–Trinajstić information content (AvgIpc) is 2.65. The first-order chi connectivity index (χ1) is 8.81. The van der Waals surface area contributed by atoms with Gasteiger partial charge in [-0.25, -0.2) is 0 Å². The minimum atomic E-state index is 0.896. The molecule has 0 N–H and O–H groups in total. The number of benzene rings is 1. The molecule has 0 saturated heterocycles. The van der Waals surface area contributed by atoms with Crippen LogP contribution in [0.4, 0.5) is 0 Å². The van der Waals surface area contributed by atoms with Crippen LogP contribution in [0.3, 0.4) is 0 Å². The van der Waals surface area contributed by atoms with Gasteiger partial charge < -0.3 is 9.47 Å². The van der Waals surface area contributed by atoms with Gasteiger partial charge in [0.25, 0.3) is 0 Å². The normalized spacial score (nSPS) is 14.6. The van der Waals surface area contributed by atoms with Gasteiger partial charge in [0.2, 0.25) is 0 Å². The minimum Gasteiger partial charge on any atom is -0.497 e. The van der Waals surface area contributed by atoms with Crippen molar-refractivity contribution in [3.05, 3.63) is 65.5 Å². The Bertz CT molecular complexity index is 478. The molecule has 0 amide bonds. The summed E-state index contributed by atoms with van der Waals surface area (Å²) in [5.41, 5.74) is 2.59. The Morgan fingerprint density at radius 1 is 0.944 bits per heavy atom. The van der Waals surface area contributed by atoms with Crippen molar-refractivity contribution in [2.45, 2.75) is 12.8 Å². The van der Waals surface area contributed by atoms with Gasteiger partial charge in [-0.2, -0.15) is 0 Å². The second-order valence-electron chi connectivity index (χ2n) is 4.18. The van der Waals surface area contributed by atoms with Gasteiger partial charge >= 0.3 is 0 Å². The summed E-state index contributed by atoms with van der Waals surface area (Å²) in [6.07, 6.45) is 10.3. The highest BCUT2D eigenvalue weighted by Gasteiger charge is 2.01. The highest BCUT2D eigenvalue weighted by molar-refractivity contribution is 5.36. The molecule has 0 aromatic heterocycles. The van der Waals surface area contributed by atoms with E-state index in [2.05, 4.69) is 30.4 Å². The summed E-state index contributed by atoms with van der Waals surface area (Å²) in [5, 5.41) is 0. The Labute approximate surface area is 108 Å². The predicted molar refractivity (Wildman–Crippen MR) is 73.6 cm³/mol. The summed E-state index contributed by atoms with van der Waals surface area (Å²) in [7, 11) is 3.38. The van der Waals surface area contributed by atoms with Crippen LogP contribution < -0.4 is 4.74 Å². The molecule has 2 nitrogen and oxygen atoms in total. The molecular formula is C16H18O2. The van der Waals surface area contributed by atoms with E-state index in [-0.39, 0.29) is 0 Å². The van der Waals surface area contributed by atoms with Crippen LogP contribution in [-0.4, -0.2) is 14.2 Å². The lowest BCUT2D eigenvalue weighted by Crippen LogP contribution is -1.89. The zero-order valence-corrected chi connectivity index (χ0v) is 10.8. The molecule has 1 aliphatic rings. The van der Waals surface area contributed by atoms with E-state index in [1.54, 1.807) is 14.2 Å². The average molecular weight is 242 g/mol. The minimum absolute atomic E-state index is 0.896. The van der Waals surface area contributed by atoms with Crippen molar-refractivity contribution in [2.24, 2.45) is 0 Å². The molecule has 94 valence electrons. The second kappa shape index (κ2) is 6.10. The smallest absolute Gasteiger partial charge is 0.118 e. The fourth-order valence-corrected chi connectivity index (χ4v) is 1.91. The summed E-state index contributed by atoms with van der Waals surface area (Å²) >= 11 is 0. The van der Waals surface area contributed by atoms with Gasteiger partial charge in [-0.15, -0.1) is 0 Å². The molecule has 1 aromatic rings. The Kier molecular flexibility index (Phi) is 4.24. The molecule has 0 atom stereocenters. The quantitative estimate of drug-likeness (QED) is 0.802. The maximum atomic E-state index is 5.22. The summed E-state index contributed by atoms with van der Waals surface area (Å²) in [6.45, 7) is 0. The third-order valence-electron chi connectivity index (χ3n) is 2.96. The molecule has 0 bridgehead atoms. The number of ether oxygens (including phenoxy) is 2. The number of allylic oxidation sites excluding steroid dienone is 5. The van der Waals surface area contributed by atoms with Crippen LogP contribution in [-0.2, 0) is 11.2 Å². The monoisotopic (exact) mass is 242 g/mol. The summed E-state index contributed by atoms with van der Waals surface area (Å²) in [4.78, 5) is 0. The molecule has 1 aromatic carbocycles. The topological polar surface area (TPSA) is 18.5 Å². The van der Waals surface area contributed by atoms with Crippen LogP contribution in [0.2, 0.25) is 0 Å². The van der Waals surface area contributed by atoms with E-state index in [9.17, 15) is 0 Å². The van der Waals surface area contributed by atoms with Crippen LogP contribution in [0, 0.1) is 0 Å². The zero-order valence-electron chi connectivity index (χ0n) is 10.8. The molecule has 0 spiro atoms. The van der Waals surface area contributed by atoms with Crippen molar-refractivity contribution in [1.29, 1.82) is 0 Å². The first-order valence-corrected chi connectivity index (χ1v) is 6.06. The van der Waals surface area contributed by atoms with Gasteiger partial charge in [0, 0.05) is 0 Å². The van der Waals surface area contributed by atoms with Gasteiger partial charge in [0.05, 0.1) is 14.2 Å². The van der Waals surface area contributed by atoms with Crippen molar-refractivity contribution in [3.8, 4) is 5.75 Å². The Morgan fingerprint density at radius 3 is 2.39 bits per heavy atom. The van der Waals surface area contributed by atoms with Crippen molar-refractivity contribution in [2.75, 3.05) is 14.2 Å².